The van der Waals surface area contributed by atoms with E-state index in [4.69, 9.17) is 10.8 Å². The average Bonchev–Trinajstić information content (AvgIpc) is 3.22. The van der Waals surface area contributed by atoms with Gasteiger partial charge >= 0.3 is 5.97 Å². The standard InChI is InChI=1S/C17H13N3O2.C2H7NO/c1-20-9-13(12-7-11(17(21)22)4-5-15(12)20)14-8-10-3-2-6-18-16(10)19-14;3-1-2-4/h2-9H,1H3,(H,18,19)(H,21,22);4H,1-3H2. The van der Waals surface area contributed by atoms with E-state index in [9.17, 15) is 9.90 Å². The molecule has 0 aliphatic heterocycles. The first-order valence-electron chi connectivity index (χ1n) is 8.12. The van der Waals surface area contributed by atoms with E-state index in [-0.39, 0.29) is 12.2 Å². The topological polar surface area (TPSA) is 117 Å². The normalized spacial score (nSPS) is 10.7. The second-order valence-corrected chi connectivity index (χ2v) is 5.83. The highest BCUT2D eigenvalue weighted by atomic mass is 16.4. The molecule has 7 heteroatoms. The molecule has 1 aromatic carbocycles. The molecule has 0 saturated carbocycles. The molecule has 0 atom stereocenters. The Morgan fingerprint density at radius 1 is 1.31 bits per heavy atom. The van der Waals surface area contributed by atoms with E-state index >= 15 is 0 Å². The highest BCUT2D eigenvalue weighted by Gasteiger charge is 2.13. The lowest BCUT2D eigenvalue weighted by Crippen LogP contribution is -2.02. The molecule has 0 spiro atoms. The van der Waals surface area contributed by atoms with E-state index in [1.165, 1.54) is 0 Å². The van der Waals surface area contributed by atoms with Crippen molar-refractivity contribution in [2.45, 2.75) is 0 Å². The van der Waals surface area contributed by atoms with Crippen LogP contribution in [0.5, 0.6) is 0 Å². The number of aliphatic hydroxyl groups excluding tert-OH is 1. The van der Waals surface area contributed by atoms with Crippen LogP contribution in [-0.4, -0.2) is 43.9 Å². The number of carbonyl (C=O) groups is 1. The fourth-order valence-corrected chi connectivity index (χ4v) is 2.84. The first-order valence-corrected chi connectivity index (χ1v) is 8.12. The third kappa shape index (κ3) is 3.30. The van der Waals surface area contributed by atoms with Crippen molar-refractivity contribution in [3.63, 3.8) is 0 Å². The van der Waals surface area contributed by atoms with Crippen molar-refractivity contribution in [3.05, 3.63) is 54.4 Å². The number of aromatic nitrogens is 3. The molecule has 0 aliphatic rings. The molecule has 4 aromatic rings. The Hall–Kier alpha value is -3.16. The maximum atomic E-state index is 11.2. The molecule has 3 heterocycles. The summed E-state index contributed by atoms with van der Waals surface area (Å²) in [5, 5.41) is 18.9. The van der Waals surface area contributed by atoms with Crippen molar-refractivity contribution in [3.8, 4) is 11.3 Å². The Morgan fingerprint density at radius 2 is 2.08 bits per heavy atom. The number of aryl methyl sites for hydroxylation is 1. The summed E-state index contributed by atoms with van der Waals surface area (Å²) in [5.74, 6) is -0.921. The molecule has 5 N–H and O–H groups in total. The van der Waals surface area contributed by atoms with E-state index in [0.717, 1.165) is 33.2 Å². The molecular weight excluding hydrogens is 332 g/mol. The number of rotatable bonds is 3. The average molecular weight is 352 g/mol. The van der Waals surface area contributed by atoms with Crippen molar-refractivity contribution < 1.29 is 15.0 Å². The Kier molecular flexibility index (Phi) is 5.01. The third-order valence-corrected chi connectivity index (χ3v) is 4.05. The van der Waals surface area contributed by atoms with Gasteiger partial charge in [0.15, 0.2) is 0 Å². The van der Waals surface area contributed by atoms with Crippen LogP contribution >= 0.6 is 0 Å². The monoisotopic (exact) mass is 352 g/mol. The molecule has 0 fully saturated rings. The van der Waals surface area contributed by atoms with Crippen LogP contribution in [0.25, 0.3) is 33.2 Å². The summed E-state index contributed by atoms with van der Waals surface area (Å²) in [7, 11) is 1.95. The van der Waals surface area contributed by atoms with Crippen molar-refractivity contribution in [2.24, 2.45) is 12.8 Å². The molecule has 0 radical (unpaired) electrons. The second-order valence-electron chi connectivity index (χ2n) is 5.83. The van der Waals surface area contributed by atoms with Crippen LogP contribution in [0, 0.1) is 0 Å². The largest absolute Gasteiger partial charge is 0.478 e. The number of hydrogen-bond acceptors (Lipinski definition) is 4. The fraction of sp³-hybridized carbons (Fsp3) is 0.158. The number of carboxylic acid groups (broad SMARTS) is 1. The van der Waals surface area contributed by atoms with Gasteiger partial charge in [-0.2, -0.15) is 0 Å². The van der Waals surface area contributed by atoms with Crippen molar-refractivity contribution in [1.29, 1.82) is 0 Å². The Balaban J connectivity index is 0.000000447. The Labute approximate surface area is 149 Å². The van der Waals surface area contributed by atoms with E-state index in [1.807, 2.05) is 42.1 Å². The van der Waals surface area contributed by atoms with Gasteiger partial charge in [0, 0.05) is 53.5 Å². The number of fused-ring (bicyclic) bond motifs is 2. The van der Waals surface area contributed by atoms with Gasteiger partial charge in [0.1, 0.15) is 5.65 Å². The van der Waals surface area contributed by atoms with Crippen molar-refractivity contribution in [2.75, 3.05) is 13.2 Å². The van der Waals surface area contributed by atoms with Crippen LogP contribution in [-0.2, 0) is 7.05 Å². The van der Waals surface area contributed by atoms with Crippen LogP contribution in [0.1, 0.15) is 10.4 Å². The summed E-state index contributed by atoms with van der Waals surface area (Å²) in [6, 6.07) is 11.1. The Morgan fingerprint density at radius 3 is 2.73 bits per heavy atom. The fourth-order valence-electron chi connectivity index (χ4n) is 2.84. The number of nitrogens with one attached hydrogen (secondary N) is 1. The minimum absolute atomic E-state index is 0.0972. The van der Waals surface area contributed by atoms with Crippen LogP contribution in [0.3, 0.4) is 0 Å². The molecule has 0 aliphatic carbocycles. The highest BCUT2D eigenvalue weighted by Crippen LogP contribution is 2.32. The zero-order chi connectivity index (χ0) is 18.7. The number of aromatic amines is 1. The molecule has 0 saturated heterocycles. The van der Waals surface area contributed by atoms with Gasteiger partial charge in [-0.3, -0.25) is 0 Å². The van der Waals surface area contributed by atoms with Gasteiger partial charge in [0.05, 0.1) is 12.2 Å². The number of nitrogens with two attached hydrogens (primary N) is 1. The molecular formula is C19H20N4O3. The molecule has 4 rings (SSSR count). The summed E-state index contributed by atoms with van der Waals surface area (Å²) in [6.07, 6.45) is 3.75. The zero-order valence-electron chi connectivity index (χ0n) is 14.3. The van der Waals surface area contributed by atoms with E-state index in [2.05, 4.69) is 9.97 Å². The number of hydrogen-bond donors (Lipinski definition) is 4. The number of pyridine rings is 1. The molecule has 3 aromatic heterocycles. The van der Waals surface area contributed by atoms with Gasteiger partial charge in [-0.25, -0.2) is 9.78 Å². The maximum Gasteiger partial charge on any atom is 0.335 e. The highest BCUT2D eigenvalue weighted by molar-refractivity contribution is 6.01. The molecule has 134 valence electrons. The summed E-state index contributed by atoms with van der Waals surface area (Å²) in [5.41, 5.74) is 8.78. The van der Waals surface area contributed by atoms with Crippen molar-refractivity contribution >= 4 is 27.9 Å². The van der Waals surface area contributed by atoms with Gasteiger partial charge in [0.2, 0.25) is 0 Å². The third-order valence-electron chi connectivity index (χ3n) is 4.05. The van der Waals surface area contributed by atoms with Gasteiger partial charge in [0.25, 0.3) is 0 Å². The maximum absolute atomic E-state index is 11.2. The quantitative estimate of drug-likeness (QED) is 0.451. The minimum atomic E-state index is -0.921. The molecule has 26 heavy (non-hydrogen) atoms. The number of aromatic carboxylic acids is 1. The van der Waals surface area contributed by atoms with Gasteiger partial charge in [-0.15, -0.1) is 0 Å². The van der Waals surface area contributed by atoms with Crippen LogP contribution in [0.15, 0.2) is 48.8 Å². The lowest BCUT2D eigenvalue weighted by molar-refractivity contribution is 0.0697. The summed E-state index contributed by atoms with van der Waals surface area (Å²) >= 11 is 0. The minimum Gasteiger partial charge on any atom is -0.478 e. The van der Waals surface area contributed by atoms with Crippen LogP contribution in [0.2, 0.25) is 0 Å². The number of aliphatic hydroxyl groups is 1. The SMILES string of the molecule is Cn1cc(-c2cc3cccnc3[nH]2)c2cc(C(=O)O)ccc21.NCCO. The van der Waals surface area contributed by atoms with Crippen LogP contribution < -0.4 is 5.73 Å². The summed E-state index contributed by atoms with van der Waals surface area (Å²) in [4.78, 5) is 18.8. The summed E-state index contributed by atoms with van der Waals surface area (Å²) < 4.78 is 2.00. The number of H-pyrrole nitrogens is 1. The zero-order valence-corrected chi connectivity index (χ0v) is 14.3. The molecule has 7 nitrogen and oxygen atoms in total. The lowest BCUT2D eigenvalue weighted by atomic mass is 10.1. The molecule has 0 amide bonds. The first-order chi connectivity index (χ1) is 12.5. The summed E-state index contributed by atoms with van der Waals surface area (Å²) in [6.45, 7) is 0.472. The van der Waals surface area contributed by atoms with E-state index in [0.29, 0.717) is 6.54 Å². The number of benzene rings is 1. The van der Waals surface area contributed by atoms with Gasteiger partial charge in [-0.1, -0.05) is 0 Å². The van der Waals surface area contributed by atoms with E-state index in [1.54, 1.807) is 18.3 Å². The lowest BCUT2D eigenvalue weighted by Gasteiger charge is -1.99. The predicted molar refractivity (Wildman–Crippen MR) is 101 cm³/mol. The second kappa shape index (κ2) is 7.38. The first kappa shape index (κ1) is 17.7. The number of nitrogens with zero attached hydrogens (tertiary/aromatic N) is 2. The van der Waals surface area contributed by atoms with Crippen molar-refractivity contribution in [1.82, 2.24) is 14.5 Å². The smallest absolute Gasteiger partial charge is 0.335 e. The van der Waals surface area contributed by atoms with Gasteiger partial charge in [-0.05, 0) is 36.4 Å². The van der Waals surface area contributed by atoms with Crippen LogP contribution in [0.4, 0.5) is 0 Å². The van der Waals surface area contributed by atoms with E-state index < -0.39 is 5.97 Å². The molecule has 0 unspecified atom stereocenters. The van der Waals surface area contributed by atoms with Gasteiger partial charge < -0.3 is 25.5 Å². The predicted octanol–water partition coefficient (Wildman–Crippen LogP) is 2.36. The molecule has 0 bridgehead atoms. The number of carboxylic acids is 1. The Bertz CT molecular complexity index is 1030.